The lowest BCUT2D eigenvalue weighted by molar-refractivity contribution is -0.133. The molecule has 1 aromatic heterocycles. The third-order valence-electron chi connectivity index (χ3n) is 3.82. The molecule has 6 nitrogen and oxygen atoms in total. The Balaban J connectivity index is 1.99. The Morgan fingerprint density at radius 3 is 2.62 bits per heavy atom. The maximum atomic E-state index is 12.3. The number of aromatic nitrogens is 2. The van der Waals surface area contributed by atoms with E-state index in [1.165, 1.54) is 6.42 Å². The lowest BCUT2D eigenvalue weighted by atomic mass is 10.1. The van der Waals surface area contributed by atoms with E-state index >= 15 is 0 Å². The number of likely N-dealkylation sites (tertiary alicyclic amines) is 1. The molecule has 2 rings (SSSR count). The van der Waals surface area contributed by atoms with Crippen molar-refractivity contribution < 1.29 is 9.59 Å². The molecule has 0 spiro atoms. The van der Waals surface area contributed by atoms with Crippen LogP contribution in [0.2, 0.25) is 0 Å². The first-order valence-electron chi connectivity index (χ1n) is 7.67. The van der Waals surface area contributed by atoms with Gasteiger partial charge in [0.2, 0.25) is 5.91 Å². The highest BCUT2D eigenvalue weighted by atomic mass is 16.2. The van der Waals surface area contributed by atoms with Crippen LogP contribution in [-0.2, 0) is 11.3 Å². The first kappa shape index (κ1) is 15.5. The van der Waals surface area contributed by atoms with Gasteiger partial charge in [0.1, 0.15) is 11.7 Å². The molecule has 1 saturated heterocycles. The zero-order chi connectivity index (χ0) is 15.4. The molecule has 1 fully saturated rings. The van der Waals surface area contributed by atoms with E-state index in [9.17, 15) is 9.59 Å². The second-order valence-electron chi connectivity index (χ2n) is 5.57. The number of hydrogen-bond acceptors (Lipinski definition) is 3. The molecular formula is C15H24N4O2. The molecule has 116 valence electrons. The zero-order valence-electron chi connectivity index (χ0n) is 13.1. The Morgan fingerprint density at radius 1 is 1.33 bits per heavy atom. The van der Waals surface area contributed by atoms with Gasteiger partial charge in [-0.3, -0.25) is 14.3 Å². The molecule has 1 aliphatic heterocycles. The van der Waals surface area contributed by atoms with E-state index in [1.807, 2.05) is 18.7 Å². The van der Waals surface area contributed by atoms with Crippen LogP contribution < -0.4 is 5.32 Å². The SMILES string of the molecule is CCn1nc(C)cc1C(=O)NC(C)C(=O)N1CCCCC1. The molecular weight excluding hydrogens is 268 g/mol. The van der Waals surface area contributed by atoms with Crippen LogP contribution in [0.5, 0.6) is 0 Å². The summed E-state index contributed by atoms with van der Waals surface area (Å²) >= 11 is 0. The summed E-state index contributed by atoms with van der Waals surface area (Å²) in [7, 11) is 0. The van der Waals surface area contributed by atoms with E-state index in [-0.39, 0.29) is 11.8 Å². The minimum atomic E-state index is -0.504. The van der Waals surface area contributed by atoms with Gasteiger partial charge in [-0.25, -0.2) is 0 Å². The van der Waals surface area contributed by atoms with E-state index < -0.39 is 6.04 Å². The second-order valence-corrected chi connectivity index (χ2v) is 5.57. The highest BCUT2D eigenvalue weighted by Gasteiger charge is 2.24. The summed E-state index contributed by atoms with van der Waals surface area (Å²) in [5.41, 5.74) is 1.31. The first-order valence-corrected chi connectivity index (χ1v) is 7.67. The Morgan fingerprint density at radius 2 is 2.00 bits per heavy atom. The monoisotopic (exact) mass is 292 g/mol. The number of amides is 2. The molecule has 1 N–H and O–H groups in total. The van der Waals surface area contributed by atoms with Crippen LogP contribution in [0.25, 0.3) is 0 Å². The fourth-order valence-electron chi connectivity index (χ4n) is 2.69. The van der Waals surface area contributed by atoms with Gasteiger partial charge in [-0.05, 0) is 46.1 Å². The summed E-state index contributed by atoms with van der Waals surface area (Å²) in [4.78, 5) is 26.5. The predicted molar refractivity (Wildman–Crippen MR) is 80.0 cm³/mol. The summed E-state index contributed by atoms with van der Waals surface area (Å²) in [6, 6.07) is 1.24. The van der Waals surface area contributed by atoms with Gasteiger partial charge in [-0.15, -0.1) is 0 Å². The standard InChI is InChI=1S/C15H24N4O2/c1-4-19-13(10-11(2)17-19)14(20)16-12(3)15(21)18-8-6-5-7-9-18/h10,12H,4-9H2,1-3H3,(H,16,20). The third kappa shape index (κ3) is 3.62. The summed E-state index contributed by atoms with van der Waals surface area (Å²) in [6.07, 6.45) is 3.28. The Labute approximate surface area is 125 Å². The third-order valence-corrected chi connectivity index (χ3v) is 3.82. The van der Waals surface area contributed by atoms with E-state index in [1.54, 1.807) is 17.7 Å². The van der Waals surface area contributed by atoms with E-state index in [2.05, 4.69) is 10.4 Å². The summed E-state index contributed by atoms with van der Waals surface area (Å²) in [5.74, 6) is -0.238. The lowest BCUT2D eigenvalue weighted by Crippen LogP contribution is -2.48. The average Bonchev–Trinajstić information content (AvgIpc) is 2.88. The van der Waals surface area contributed by atoms with Crippen LogP contribution in [0.4, 0.5) is 0 Å². The molecule has 1 aliphatic rings. The van der Waals surface area contributed by atoms with Gasteiger partial charge in [0, 0.05) is 19.6 Å². The molecule has 1 aromatic rings. The van der Waals surface area contributed by atoms with Crippen LogP contribution >= 0.6 is 0 Å². The Kier molecular flexibility index (Phi) is 4.98. The predicted octanol–water partition coefficient (Wildman–Crippen LogP) is 1.34. The van der Waals surface area contributed by atoms with Gasteiger partial charge in [-0.1, -0.05) is 0 Å². The second kappa shape index (κ2) is 6.74. The van der Waals surface area contributed by atoms with E-state index in [0.717, 1.165) is 31.6 Å². The highest BCUT2D eigenvalue weighted by Crippen LogP contribution is 2.10. The van der Waals surface area contributed by atoms with Crippen LogP contribution in [0.3, 0.4) is 0 Å². The molecule has 2 amide bonds. The average molecular weight is 292 g/mol. The van der Waals surface area contributed by atoms with Gasteiger partial charge >= 0.3 is 0 Å². The first-order chi connectivity index (χ1) is 10.0. The highest BCUT2D eigenvalue weighted by molar-refractivity contribution is 5.96. The van der Waals surface area contributed by atoms with Gasteiger partial charge in [0.25, 0.3) is 5.91 Å². The number of carbonyl (C=O) groups is 2. The smallest absolute Gasteiger partial charge is 0.270 e. The van der Waals surface area contributed by atoms with Crippen molar-refractivity contribution >= 4 is 11.8 Å². The van der Waals surface area contributed by atoms with E-state index in [0.29, 0.717) is 12.2 Å². The van der Waals surface area contributed by atoms with Crippen molar-refractivity contribution in [3.63, 3.8) is 0 Å². The van der Waals surface area contributed by atoms with Crippen LogP contribution in [0.15, 0.2) is 6.07 Å². The number of piperidine rings is 1. The summed E-state index contributed by atoms with van der Waals surface area (Å²) in [5, 5.41) is 7.04. The largest absolute Gasteiger partial charge is 0.341 e. The van der Waals surface area contributed by atoms with Gasteiger partial charge in [0.05, 0.1) is 5.69 Å². The normalized spacial score (nSPS) is 16.6. The van der Waals surface area contributed by atoms with Crippen molar-refractivity contribution in [3.8, 4) is 0 Å². The molecule has 0 aliphatic carbocycles. The lowest BCUT2D eigenvalue weighted by Gasteiger charge is -2.29. The van der Waals surface area contributed by atoms with Crippen molar-refractivity contribution in [2.75, 3.05) is 13.1 Å². The van der Waals surface area contributed by atoms with Crippen molar-refractivity contribution in [2.45, 2.75) is 52.6 Å². The number of nitrogens with zero attached hydrogens (tertiary/aromatic N) is 3. The number of carbonyl (C=O) groups excluding carboxylic acids is 2. The van der Waals surface area contributed by atoms with Crippen LogP contribution in [-0.4, -0.2) is 45.6 Å². The molecule has 0 saturated carbocycles. The number of rotatable bonds is 4. The molecule has 1 atom stereocenters. The number of hydrogen-bond donors (Lipinski definition) is 1. The molecule has 6 heteroatoms. The zero-order valence-corrected chi connectivity index (χ0v) is 13.1. The molecule has 0 aromatic carbocycles. The quantitative estimate of drug-likeness (QED) is 0.910. The van der Waals surface area contributed by atoms with Crippen molar-refractivity contribution in [2.24, 2.45) is 0 Å². The maximum absolute atomic E-state index is 12.3. The van der Waals surface area contributed by atoms with Gasteiger partial charge in [0.15, 0.2) is 0 Å². The molecule has 21 heavy (non-hydrogen) atoms. The summed E-state index contributed by atoms with van der Waals surface area (Å²) < 4.78 is 1.66. The van der Waals surface area contributed by atoms with Crippen LogP contribution in [0, 0.1) is 6.92 Å². The van der Waals surface area contributed by atoms with Gasteiger partial charge in [-0.2, -0.15) is 5.10 Å². The minimum Gasteiger partial charge on any atom is -0.341 e. The van der Waals surface area contributed by atoms with Crippen LogP contribution in [0.1, 0.15) is 49.3 Å². The molecule has 1 unspecified atom stereocenters. The topological polar surface area (TPSA) is 67.2 Å². The molecule has 0 bridgehead atoms. The minimum absolute atomic E-state index is 0.00216. The van der Waals surface area contributed by atoms with Crippen molar-refractivity contribution in [1.29, 1.82) is 0 Å². The Hall–Kier alpha value is -1.85. The maximum Gasteiger partial charge on any atom is 0.270 e. The van der Waals surface area contributed by atoms with E-state index in [4.69, 9.17) is 0 Å². The summed E-state index contributed by atoms with van der Waals surface area (Å²) in [6.45, 7) is 7.76. The number of nitrogens with one attached hydrogen (secondary N) is 1. The number of aryl methyl sites for hydroxylation is 2. The van der Waals surface area contributed by atoms with Gasteiger partial charge < -0.3 is 10.2 Å². The fourth-order valence-corrected chi connectivity index (χ4v) is 2.69. The molecule has 0 radical (unpaired) electrons. The van der Waals surface area contributed by atoms with Crippen molar-refractivity contribution in [1.82, 2.24) is 20.0 Å². The Bertz CT molecular complexity index is 518. The van der Waals surface area contributed by atoms with Crippen molar-refractivity contribution in [3.05, 3.63) is 17.5 Å². The fraction of sp³-hybridized carbons (Fsp3) is 0.667. The molecule has 2 heterocycles.